The summed E-state index contributed by atoms with van der Waals surface area (Å²) in [5.74, 6) is 0. The van der Waals surface area contributed by atoms with E-state index in [1.165, 1.54) is 0 Å². The van der Waals surface area contributed by atoms with Crippen molar-refractivity contribution in [2.45, 2.75) is 19.1 Å². The fraction of sp³-hybridized carbons (Fsp3) is 0.800. The van der Waals surface area contributed by atoms with Crippen molar-refractivity contribution in [3.63, 3.8) is 0 Å². The largest absolute Gasteiger partial charge is 0.286 e. The lowest BCUT2D eigenvalue weighted by atomic mass is 10.3. The summed E-state index contributed by atoms with van der Waals surface area (Å²) >= 11 is 0. The molecule has 0 saturated carbocycles. The summed E-state index contributed by atoms with van der Waals surface area (Å²) in [7, 11) is -8.18. The predicted octanol–water partition coefficient (Wildman–Crippen LogP) is -0.720. The van der Waals surface area contributed by atoms with Crippen LogP contribution in [0.15, 0.2) is 0 Å². The molecule has 9 heteroatoms. The van der Waals surface area contributed by atoms with E-state index >= 15 is 0 Å². The molecule has 1 aliphatic rings. The van der Waals surface area contributed by atoms with E-state index in [1.807, 2.05) is 0 Å². The van der Waals surface area contributed by atoms with Gasteiger partial charge >= 0.3 is 0 Å². The Balaban J connectivity index is 2.79. The summed E-state index contributed by atoms with van der Waals surface area (Å²) in [6, 6.07) is 1.72. The number of hydrogen-bond donors (Lipinski definition) is 0. The number of hydrogen-bond acceptors (Lipinski definition) is 7. The highest BCUT2D eigenvalue weighted by Crippen LogP contribution is 2.19. The van der Waals surface area contributed by atoms with Crippen LogP contribution in [-0.2, 0) is 28.6 Å². The van der Waals surface area contributed by atoms with Gasteiger partial charge in [0.2, 0.25) is 5.08 Å². The highest BCUT2D eigenvalue weighted by atomic mass is 32.3. The van der Waals surface area contributed by atoms with E-state index in [2.05, 4.69) is 8.37 Å². The summed E-state index contributed by atoms with van der Waals surface area (Å²) in [6.45, 7) is 0. The molecular formula is C5H7NO6S2. The van der Waals surface area contributed by atoms with E-state index in [4.69, 9.17) is 5.26 Å². The molecule has 0 atom stereocenters. The minimum Gasteiger partial charge on any atom is -0.236 e. The molecule has 1 fully saturated rings. The molecule has 1 heterocycles. The van der Waals surface area contributed by atoms with Crippen LogP contribution in [0.1, 0.15) is 12.8 Å². The van der Waals surface area contributed by atoms with Gasteiger partial charge < -0.3 is 0 Å². The highest BCUT2D eigenvalue weighted by Gasteiger charge is 2.36. The molecule has 0 bridgehead atoms. The van der Waals surface area contributed by atoms with Crippen LogP contribution in [-0.4, -0.2) is 28.2 Å². The quantitative estimate of drug-likeness (QED) is 0.586. The SMILES string of the molecule is N#CCCC1OS(=O)(=O)CS(=O)(=O)O1. The Labute approximate surface area is 81.5 Å². The van der Waals surface area contributed by atoms with Crippen molar-refractivity contribution < 1.29 is 25.2 Å². The number of rotatable bonds is 2. The van der Waals surface area contributed by atoms with Gasteiger partial charge in [-0.25, -0.2) is 8.37 Å². The van der Waals surface area contributed by atoms with Crippen LogP contribution in [0, 0.1) is 11.3 Å². The zero-order valence-electron chi connectivity index (χ0n) is 6.91. The lowest BCUT2D eigenvalue weighted by molar-refractivity contribution is 0.00614. The second-order valence-electron chi connectivity index (χ2n) is 2.55. The molecule has 0 aromatic rings. The van der Waals surface area contributed by atoms with E-state index < -0.39 is 31.6 Å². The molecule has 0 N–H and O–H groups in total. The van der Waals surface area contributed by atoms with E-state index in [-0.39, 0.29) is 12.8 Å². The third kappa shape index (κ3) is 3.22. The molecule has 7 nitrogen and oxygen atoms in total. The van der Waals surface area contributed by atoms with Crippen molar-refractivity contribution in [1.29, 1.82) is 5.26 Å². The van der Waals surface area contributed by atoms with Crippen molar-refractivity contribution in [1.82, 2.24) is 0 Å². The molecule has 14 heavy (non-hydrogen) atoms. The lowest BCUT2D eigenvalue weighted by Gasteiger charge is -2.21. The van der Waals surface area contributed by atoms with Gasteiger partial charge in [-0.15, -0.1) is 0 Å². The Morgan fingerprint density at radius 2 is 1.71 bits per heavy atom. The number of nitrogens with zero attached hydrogens (tertiary/aromatic N) is 1. The predicted molar refractivity (Wildman–Crippen MR) is 43.5 cm³/mol. The maximum absolute atomic E-state index is 10.9. The van der Waals surface area contributed by atoms with Crippen LogP contribution >= 0.6 is 0 Å². The normalized spacial score (nSPS) is 25.4. The molecule has 1 aliphatic heterocycles. The monoisotopic (exact) mass is 241 g/mol. The van der Waals surface area contributed by atoms with Gasteiger partial charge in [-0.3, -0.25) is 0 Å². The standard InChI is InChI=1S/C5H7NO6S2/c6-3-1-2-5-11-13(7,8)4-14(9,10)12-5/h5H,1-2,4H2. The first kappa shape index (κ1) is 11.4. The topological polar surface area (TPSA) is 111 Å². The average Bonchev–Trinajstić information content (AvgIpc) is 1.94. The maximum atomic E-state index is 10.9. The summed E-state index contributed by atoms with van der Waals surface area (Å²) in [5, 5.41) is 7.02. The second kappa shape index (κ2) is 3.82. The Hall–Kier alpha value is -0.690. The molecule has 80 valence electrons. The lowest BCUT2D eigenvalue weighted by Crippen LogP contribution is -2.35. The summed E-state index contributed by atoms with van der Waals surface area (Å²) in [4.78, 5) is 0. The van der Waals surface area contributed by atoms with Crippen molar-refractivity contribution >= 4 is 20.2 Å². The molecular weight excluding hydrogens is 234 g/mol. The van der Waals surface area contributed by atoms with Gasteiger partial charge in [0, 0.05) is 12.8 Å². The highest BCUT2D eigenvalue weighted by molar-refractivity contribution is 8.04. The summed E-state index contributed by atoms with van der Waals surface area (Å²) < 4.78 is 52.2. The van der Waals surface area contributed by atoms with Gasteiger partial charge in [0.05, 0.1) is 6.07 Å². The van der Waals surface area contributed by atoms with Crippen molar-refractivity contribution in [3.05, 3.63) is 0 Å². The zero-order valence-corrected chi connectivity index (χ0v) is 8.54. The molecule has 0 unspecified atom stereocenters. The van der Waals surface area contributed by atoms with Crippen LogP contribution in [0.4, 0.5) is 0 Å². The minimum absolute atomic E-state index is 0.0459. The van der Waals surface area contributed by atoms with Crippen molar-refractivity contribution in [3.8, 4) is 6.07 Å². The zero-order chi connectivity index (χ0) is 10.8. The first-order chi connectivity index (χ1) is 6.35. The second-order valence-corrected chi connectivity index (χ2v) is 6.11. The van der Waals surface area contributed by atoms with Gasteiger partial charge in [-0.1, -0.05) is 0 Å². The molecule has 0 radical (unpaired) electrons. The van der Waals surface area contributed by atoms with E-state index in [9.17, 15) is 16.8 Å². The van der Waals surface area contributed by atoms with Crippen LogP contribution in [0.5, 0.6) is 0 Å². The van der Waals surface area contributed by atoms with Crippen LogP contribution in [0.2, 0.25) is 0 Å². The smallest absolute Gasteiger partial charge is 0.236 e. The summed E-state index contributed by atoms with van der Waals surface area (Å²) in [5.41, 5.74) is 0. The maximum Gasteiger partial charge on any atom is 0.286 e. The Morgan fingerprint density at radius 1 is 1.21 bits per heavy atom. The molecule has 1 saturated heterocycles. The van der Waals surface area contributed by atoms with Crippen LogP contribution in [0.3, 0.4) is 0 Å². The minimum atomic E-state index is -4.09. The molecule has 0 amide bonds. The van der Waals surface area contributed by atoms with E-state index in [0.717, 1.165) is 0 Å². The third-order valence-electron chi connectivity index (χ3n) is 1.29. The molecule has 0 aliphatic carbocycles. The van der Waals surface area contributed by atoms with Crippen molar-refractivity contribution in [2.24, 2.45) is 0 Å². The molecule has 0 aromatic carbocycles. The van der Waals surface area contributed by atoms with E-state index in [0.29, 0.717) is 0 Å². The Morgan fingerprint density at radius 3 is 2.14 bits per heavy atom. The van der Waals surface area contributed by atoms with Crippen LogP contribution in [0.25, 0.3) is 0 Å². The van der Waals surface area contributed by atoms with E-state index in [1.54, 1.807) is 6.07 Å². The Bertz CT molecular complexity index is 409. The molecule has 1 rings (SSSR count). The van der Waals surface area contributed by atoms with Crippen molar-refractivity contribution in [2.75, 3.05) is 5.08 Å². The van der Waals surface area contributed by atoms with Crippen LogP contribution < -0.4 is 0 Å². The average molecular weight is 241 g/mol. The third-order valence-corrected chi connectivity index (χ3v) is 4.61. The number of nitriles is 1. The van der Waals surface area contributed by atoms with Gasteiger partial charge in [0.25, 0.3) is 20.2 Å². The molecule has 0 spiro atoms. The van der Waals surface area contributed by atoms with Gasteiger partial charge in [-0.05, 0) is 0 Å². The van der Waals surface area contributed by atoms with Gasteiger partial charge in [0.1, 0.15) is 0 Å². The fourth-order valence-electron chi connectivity index (χ4n) is 0.854. The van der Waals surface area contributed by atoms with Gasteiger partial charge in [0.15, 0.2) is 6.29 Å². The first-order valence-corrected chi connectivity index (χ1v) is 6.69. The summed E-state index contributed by atoms with van der Waals surface area (Å²) in [6.07, 6.45) is -1.55. The molecule has 0 aromatic heterocycles. The Kier molecular flexibility index (Phi) is 3.10. The fourth-order valence-corrected chi connectivity index (χ4v) is 3.69. The van der Waals surface area contributed by atoms with Gasteiger partial charge in [-0.2, -0.15) is 22.1 Å². The first-order valence-electron chi connectivity index (χ1n) is 3.53.